The molecule has 8 heavy (non-hydrogen) atoms. The van der Waals surface area contributed by atoms with Crippen LogP contribution in [0.1, 0.15) is 19.3 Å². The molecule has 0 aromatic carbocycles. The van der Waals surface area contributed by atoms with Crippen LogP contribution in [0.4, 0.5) is 0 Å². The summed E-state index contributed by atoms with van der Waals surface area (Å²) in [7, 11) is 0. The van der Waals surface area contributed by atoms with E-state index in [1.807, 2.05) is 6.07 Å². The van der Waals surface area contributed by atoms with Crippen LogP contribution in [0.25, 0.3) is 0 Å². The van der Waals surface area contributed by atoms with Crippen LogP contribution < -0.4 is 0 Å². The van der Waals surface area contributed by atoms with Crippen molar-refractivity contribution in [1.29, 1.82) is 5.26 Å². The van der Waals surface area contributed by atoms with E-state index in [1.165, 1.54) is 0 Å². The highest BCUT2D eigenvalue weighted by atomic mass is 32.1. The molecule has 0 spiro atoms. The summed E-state index contributed by atoms with van der Waals surface area (Å²) in [5.41, 5.74) is 0. The van der Waals surface area contributed by atoms with Gasteiger partial charge in [-0.3, -0.25) is 0 Å². The number of aliphatic hydroxyl groups is 1. The molecule has 2 nitrogen and oxygen atoms in total. The summed E-state index contributed by atoms with van der Waals surface area (Å²) >= 11 is 4.36. The van der Waals surface area contributed by atoms with Crippen molar-refractivity contribution < 1.29 is 5.11 Å². The first kappa shape index (κ1) is 7.38. The molecule has 0 unspecified atom stereocenters. The lowest BCUT2D eigenvalue weighted by Crippen LogP contribution is -1.88. The van der Waals surface area contributed by atoms with Crippen molar-refractivity contribution in [2.45, 2.75) is 19.3 Å². The van der Waals surface area contributed by atoms with Crippen LogP contribution in [-0.2, 0) is 0 Å². The van der Waals surface area contributed by atoms with Crippen LogP contribution in [0.5, 0.6) is 0 Å². The number of thiocarbonyl (C=S) groups is 1. The van der Waals surface area contributed by atoms with Gasteiger partial charge in [-0.25, -0.2) is 0 Å². The Morgan fingerprint density at radius 2 is 2.38 bits per heavy atom. The van der Waals surface area contributed by atoms with Gasteiger partial charge >= 0.3 is 0 Å². The zero-order chi connectivity index (χ0) is 6.41. The molecule has 0 aromatic heterocycles. The molecule has 0 aromatic rings. The number of nitriles is 1. The molecule has 0 aliphatic rings. The van der Waals surface area contributed by atoms with Crippen molar-refractivity contribution >= 4 is 17.3 Å². The number of nitrogens with zero attached hydrogens (tertiary/aromatic N) is 1. The number of aliphatic hydroxyl groups excluding tert-OH is 1. The molecule has 0 heterocycles. The van der Waals surface area contributed by atoms with Crippen LogP contribution in [0.2, 0.25) is 0 Å². The Labute approximate surface area is 53.7 Å². The molecule has 0 saturated heterocycles. The summed E-state index contributed by atoms with van der Waals surface area (Å²) < 4.78 is 0. The minimum Gasteiger partial charge on any atom is -0.502 e. The molecule has 0 bridgehead atoms. The van der Waals surface area contributed by atoms with E-state index in [-0.39, 0.29) is 5.05 Å². The van der Waals surface area contributed by atoms with E-state index in [9.17, 15) is 0 Å². The monoisotopic (exact) mass is 129 g/mol. The SMILES string of the molecule is N#CCCCC(O)=S. The largest absolute Gasteiger partial charge is 0.502 e. The van der Waals surface area contributed by atoms with Crippen LogP contribution in [0, 0.1) is 11.3 Å². The van der Waals surface area contributed by atoms with Crippen LogP contribution >= 0.6 is 12.2 Å². The minimum absolute atomic E-state index is 0.000231. The quantitative estimate of drug-likeness (QED) is 0.464. The first-order chi connectivity index (χ1) is 3.77. The third-order valence-electron chi connectivity index (χ3n) is 0.679. The fourth-order valence-corrected chi connectivity index (χ4v) is 0.463. The van der Waals surface area contributed by atoms with E-state index in [0.717, 1.165) is 0 Å². The standard InChI is InChI=1S/C5H7NOS/c6-4-2-1-3-5(7)8/h1-3H2,(H,7,8). The Kier molecular flexibility index (Phi) is 4.19. The van der Waals surface area contributed by atoms with Crippen molar-refractivity contribution in [3.63, 3.8) is 0 Å². The van der Waals surface area contributed by atoms with E-state index in [4.69, 9.17) is 10.4 Å². The molecule has 44 valence electrons. The molecular formula is C5H7NOS. The van der Waals surface area contributed by atoms with Crippen molar-refractivity contribution in [3.8, 4) is 6.07 Å². The van der Waals surface area contributed by atoms with E-state index >= 15 is 0 Å². The fraction of sp³-hybridized carbons (Fsp3) is 0.600. The number of hydrogen-bond donors (Lipinski definition) is 1. The zero-order valence-corrected chi connectivity index (χ0v) is 5.24. The van der Waals surface area contributed by atoms with E-state index in [2.05, 4.69) is 12.2 Å². The molecule has 0 radical (unpaired) electrons. The van der Waals surface area contributed by atoms with Crippen molar-refractivity contribution in [2.75, 3.05) is 0 Å². The van der Waals surface area contributed by atoms with Gasteiger partial charge in [-0.05, 0) is 18.6 Å². The maximum Gasteiger partial charge on any atom is 0.156 e. The zero-order valence-electron chi connectivity index (χ0n) is 4.42. The molecule has 0 aliphatic heterocycles. The average molecular weight is 129 g/mol. The second-order valence-corrected chi connectivity index (χ2v) is 1.88. The van der Waals surface area contributed by atoms with Gasteiger partial charge in [0.2, 0.25) is 0 Å². The maximum absolute atomic E-state index is 8.40. The van der Waals surface area contributed by atoms with E-state index < -0.39 is 0 Å². The fourth-order valence-electron chi connectivity index (χ4n) is 0.319. The summed E-state index contributed by atoms with van der Waals surface area (Å²) in [4.78, 5) is 0. The molecule has 0 atom stereocenters. The lowest BCUT2D eigenvalue weighted by atomic mass is 10.3. The molecule has 1 N–H and O–H groups in total. The Bertz CT molecular complexity index is 116. The summed E-state index contributed by atoms with van der Waals surface area (Å²) in [6.45, 7) is 0. The summed E-state index contributed by atoms with van der Waals surface area (Å²) in [5.74, 6) is 0. The van der Waals surface area contributed by atoms with Crippen molar-refractivity contribution in [1.82, 2.24) is 0 Å². The third kappa shape index (κ3) is 5.38. The molecule has 0 rings (SSSR count). The van der Waals surface area contributed by atoms with Crippen molar-refractivity contribution in [3.05, 3.63) is 0 Å². The maximum atomic E-state index is 8.40. The van der Waals surface area contributed by atoms with Gasteiger partial charge in [-0.1, -0.05) is 0 Å². The predicted octanol–water partition coefficient (Wildman–Crippen LogP) is 1.57. The molecular weight excluding hydrogens is 122 g/mol. The second-order valence-electron chi connectivity index (χ2n) is 1.41. The Hall–Kier alpha value is -0.620. The first-order valence-corrected chi connectivity index (χ1v) is 2.77. The average Bonchev–Trinajstić information content (AvgIpc) is 1.66. The Morgan fingerprint density at radius 1 is 1.75 bits per heavy atom. The summed E-state index contributed by atoms with van der Waals surface area (Å²) in [6.07, 6.45) is 1.62. The Morgan fingerprint density at radius 3 is 2.75 bits per heavy atom. The molecule has 0 amide bonds. The molecule has 0 fully saturated rings. The highest BCUT2D eigenvalue weighted by Crippen LogP contribution is 1.93. The number of hydrogen-bond acceptors (Lipinski definition) is 2. The van der Waals surface area contributed by atoms with Crippen LogP contribution in [0.3, 0.4) is 0 Å². The number of unbranched alkanes of at least 4 members (excludes halogenated alkanes) is 1. The third-order valence-corrected chi connectivity index (χ3v) is 0.883. The lowest BCUT2D eigenvalue weighted by Gasteiger charge is -1.87. The lowest BCUT2D eigenvalue weighted by molar-refractivity contribution is 0.544. The van der Waals surface area contributed by atoms with Gasteiger partial charge in [0.05, 0.1) is 6.07 Å². The van der Waals surface area contributed by atoms with Crippen molar-refractivity contribution in [2.24, 2.45) is 0 Å². The van der Waals surface area contributed by atoms with Gasteiger partial charge in [-0.15, -0.1) is 0 Å². The smallest absolute Gasteiger partial charge is 0.156 e. The summed E-state index contributed by atoms with van der Waals surface area (Å²) in [5, 5.41) is 16.4. The second kappa shape index (κ2) is 4.54. The van der Waals surface area contributed by atoms with Gasteiger partial charge in [0.25, 0.3) is 0 Å². The topological polar surface area (TPSA) is 44.0 Å². The molecule has 3 heteroatoms. The van der Waals surface area contributed by atoms with E-state index in [0.29, 0.717) is 19.3 Å². The van der Waals surface area contributed by atoms with Gasteiger partial charge in [0.15, 0.2) is 5.05 Å². The van der Waals surface area contributed by atoms with Crippen LogP contribution in [0.15, 0.2) is 0 Å². The molecule has 0 aliphatic carbocycles. The predicted molar refractivity (Wildman–Crippen MR) is 34.7 cm³/mol. The van der Waals surface area contributed by atoms with Crippen LogP contribution in [-0.4, -0.2) is 10.2 Å². The Balaban J connectivity index is 2.97. The number of rotatable bonds is 3. The van der Waals surface area contributed by atoms with Gasteiger partial charge in [0.1, 0.15) is 0 Å². The van der Waals surface area contributed by atoms with Gasteiger partial charge in [0, 0.05) is 12.8 Å². The normalized spacial score (nSPS) is 7.88. The van der Waals surface area contributed by atoms with Gasteiger partial charge in [-0.2, -0.15) is 5.26 Å². The highest BCUT2D eigenvalue weighted by Gasteiger charge is 1.88. The summed E-state index contributed by atoms with van der Waals surface area (Å²) in [6, 6.07) is 1.95. The van der Waals surface area contributed by atoms with E-state index in [1.54, 1.807) is 0 Å². The van der Waals surface area contributed by atoms with Gasteiger partial charge < -0.3 is 5.11 Å². The molecule has 0 saturated carbocycles. The minimum atomic E-state index is 0.000231. The highest BCUT2D eigenvalue weighted by molar-refractivity contribution is 7.80. The first-order valence-electron chi connectivity index (χ1n) is 2.36.